The van der Waals surface area contributed by atoms with Crippen LogP contribution in [0.1, 0.15) is 10.6 Å². The smallest absolute Gasteiger partial charge is 0.377 e. The molecule has 21 heavy (non-hydrogen) atoms. The monoisotopic (exact) mass is 289 g/mol. The van der Waals surface area contributed by atoms with Gasteiger partial charge in [0, 0.05) is 6.07 Å². The standard InChI is InChI=1S/C12H11N5O4/c1-20-12(19)11-14-5-17(16-11)8-3-7-9(2-6(8)13)21-4-10(18)15-7/h2-3,5H,4,13H2,1H3,(H,15,18). The van der Waals surface area contributed by atoms with Crippen LogP contribution in [-0.2, 0) is 9.53 Å². The first-order valence-electron chi connectivity index (χ1n) is 5.95. The topological polar surface area (TPSA) is 121 Å². The molecule has 0 aliphatic carbocycles. The third-order valence-electron chi connectivity index (χ3n) is 2.87. The van der Waals surface area contributed by atoms with Crippen LogP contribution in [0.25, 0.3) is 5.69 Å². The molecule has 1 aromatic carbocycles. The van der Waals surface area contributed by atoms with E-state index in [4.69, 9.17) is 10.5 Å². The highest BCUT2D eigenvalue weighted by Gasteiger charge is 2.20. The van der Waals surface area contributed by atoms with E-state index in [0.29, 0.717) is 22.8 Å². The second-order valence-electron chi connectivity index (χ2n) is 4.25. The molecule has 2 aromatic rings. The average Bonchev–Trinajstić information content (AvgIpc) is 2.95. The number of aromatic nitrogens is 3. The first-order chi connectivity index (χ1) is 10.1. The van der Waals surface area contributed by atoms with Gasteiger partial charge in [0.1, 0.15) is 12.1 Å². The summed E-state index contributed by atoms with van der Waals surface area (Å²) in [5.41, 5.74) is 7.24. The Kier molecular flexibility index (Phi) is 2.94. The molecule has 9 nitrogen and oxygen atoms in total. The van der Waals surface area contributed by atoms with Crippen molar-refractivity contribution >= 4 is 23.3 Å². The number of carbonyl (C=O) groups is 2. The van der Waals surface area contributed by atoms with E-state index in [-0.39, 0.29) is 18.3 Å². The number of esters is 1. The Bertz CT molecular complexity index is 739. The third kappa shape index (κ3) is 2.24. The first-order valence-corrected chi connectivity index (χ1v) is 5.95. The molecule has 0 fully saturated rings. The first kappa shape index (κ1) is 12.9. The summed E-state index contributed by atoms with van der Waals surface area (Å²) < 4.78 is 11.1. The number of nitrogen functional groups attached to an aromatic ring is 1. The van der Waals surface area contributed by atoms with E-state index < -0.39 is 5.97 Å². The lowest BCUT2D eigenvalue weighted by atomic mass is 10.2. The normalized spacial score (nSPS) is 13.1. The highest BCUT2D eigenvalue weighted by molar-refractivity contribution is 5.96. The van der Waals surface area contributed by atoms with Gasteiger partial charge in [0.25, 0.3) is 11.7 Å². The van der Waals surface area contributed by atoms with Crippen molar-refractivity contribution in [1.82, 2.24) is 14.8 Å². The number of nitrogens with two attached hydrogens (primary N) is 1. The van der Waals surface area contributed by atoms with E-state index in [1.54, 1.807) is 12.1 Å². The minimum Gasteiger partial charge on any atom is -0.482 e. The minimum absolute atomic E-state index is 0.0540. The van der Waals surface area contributed by atoms with Gasteiger partial charge in [-0.15, -0.1) is 5.10 Å². The van der Waals surface area contributed by atoms with Crippen molar-refractivity contribution in [2.75, 3.05) is 24.8 Å². The van der Waals surface area contributed by atoms with Crippen LogP contribution in [0.2, 0.25) is 0 Å². The number of benzene rings is 1. The number of carbonyl (C=O) groups excluding carboxylic acids is 2. The molecule has 1 aliphatic rings. The van der Waals surface area contributed by atoms with E-state index in [9.17, 15) is 9.59 Å². The molecule has 1 amide bonds. The molecule has 0 saturated carbocycles. The molecule has 0 bridgehead atoms. The van der Waals surface area contributed by atoms with Crippen molar-refractivity contribution < 1.29 is 19.1 Å². The maximum atomic E-state index is 11.3. The molecule has 1 aliphatic heterocycles. The van der Waals surface area contributed by atoms with Crippen LogP contribution < -0.4 is 15.8 Å². The summed E-state index contributed by atoms with van der Waals surface area (Å²) in [6.45, 7) is -0.0540. The fraction of sp³-hybridized carbons (Fsp3) is 0.167. The Morgan fingerprint density at radius 2 is 2.33 bits per heavy atom. The minimum atomic E-state index is -0.651. The zero-order valence-electron chi connectivity index (χ0n) is 11.0. The predicted octanol–water partition coefficient (Wildman–Crippen LogP) is -0.0330. The van der Waals surface area contributed by atoms with Crippen LogP contribution in [0.3, 0.4) is 0 Å². The highest BCUT2D eigenvalue weighted by atomic mass is 16.5. The Morgan fingerprint density at radius 1 is 1.52 bits per heavy atom. The number of rotatable bonds is 2. The van der Waals surface area contributed by atoms with Crippen molar-refractivity contribution in [1.29, 1.82) is 0 Å². The maximum Gasteiger partial charge on any atom is 0.377 e. The van der Waals surface area contributed by atoms with Crippen LogP contribution in [-0.4, -0.2) is 40.4 Å². The summed E-state index contributed by atoms with van der Waals surface area (Å²) >= 11 is 0. The van der Waals surface area contributed by atoms with Gasteiger partial charge in [-0.1, -0.05) is 0 Å². The van der Waals surface area contributed by atoms with E-state index >= 15 is 0 Å². The summed E-state index contributed by atoms with van der Waals surface area (Å²) in [7, 11) is 1.24. The SMILES string of the molecule is COC(=O)c1ncn(-c2cc3c(cc2N)OCC(=O)N3)n1. The number of nitrogens with zero attached hydrogens (tertiary/aromatic N) is 3. The number of anilines is 2. The molecule has 3 rings (SSSR count). The number of hydrogen-bond donors (Lipinski definition) is 2. The lowest BCUT2D eigenvalue weighted by Gasteiger charge is -2.19. The molecule has 0 unspecified atom stereocenters. The molecule has 3 N–H and O–H groups in total. The van der Waals surface area contributed by atoms with Crippen molar-refractivity contribution in [3.8, 4) is 11.4 Å². The summed E-state index contributed by atoms with van der Waals surface area (Å²) in [5, 5.41) is 6.64. The number of hydrogen-bond acceptors (Lipinski definition) is 7. The molecular weight excluding hydrogens is 278 g/mol. The molecule has 9 heteroatoms. The van der Waals surface area contributed by atoms with Crippen molar-refractivity contribution in [2.24, 2.45) is 0 Å². The predicted molar refractivity (Wildman–Crippen MR) is 71.2 cm³/mol. The van der Waals surface area contributed by atoms with Gasteiger partial charge in [-0.05, 0) is 6.07 Å². The Morgan fingerprint density at radius 3 is 3.10 bits per heavy atom. The Hall–Kier alpha value is -3.10. The number of ether oxygens (including phenoxy) is 2. The van der Waals surface area contributed by atoms with E-state index in [1.165, 1.54) is 18.1 Å². The summed E-state index contributed by atoms with van der Waals surface area (Å²) in [6.07, 6.45) is 1.33. The summed E-state index contributed by atoms with van der Waals surface area (Å²) in [4.78, 5) is 26.5. The highest BCUT2D eigenvalue weighted by Crippen LogP contribution is 2.33. The largest absolute Gasteiger partial charge is 0.482 e. The fourth-order valence-corrected chi connectivity index (χ4v) is 1.89. The number of methoxy groups -OCH3 is 1. The lowest BCUT2D eigenvalue weighted by molar-refractivity contribution is -0.118. The van der Waals surface area contributed by atoms with Gasteiger partial charge in [0.15, 0.2) is 6.61 Å². The quantitative estimate of drug-likeness (QED) is 0.588. The van der Waals surface area contributed by atoms with Gasteiger partial charge in [-0.2, -0.15) is 0 Å². The van der Waals surface area contributed by atoms with Crippen LogP contribution >= 0.6 is 0 Å². The molecule has 0 radical (unpaired) electrons. The van der Waals surface area contributed by atoms with E-state index in [0.717, 1.165) is 0 Å². The molecular formula is C12H11N5O4. The van der Waals surface area contributed by atoms with Crippen LogP contribution in [0.5, 0.6) is 5.75 Å². The van der Waals surface area contributed by atoms with Crippen LogP contribution in [0.4, 0.5) is 11.4 Å². The Labute approximate surface area is 118 Å². The zero-order chi connectivity index (χ0) is 15.0. The van der Waals surface area contributed by atoms with Gasteiger partial charge >= 0.3 is 5.97 Å². The lowest BCUT2D eigenvalue weighted by Crippen LogP contribution is -2.25. The van der Waals surface area contributed by atoms with Crippen LogP contribution in [0.15, 0.2) is 18.5 Å². The third-order valence-corrected chi connectivity index (χ3v) is 2.87. The van der Waals surface area contributed by atoms with E-state index in [2.05, 4.69) is 20.1 Å². The van der Waals surface area contributed by atoms with Gasteiger partial charge in [0.05, 0.1) is 24.2 Å². The van der Waals surface area contributed by atoms with Crippen molar-refractivity contribution in [3.05, 3.63) is 24.3 Å². The Balaban J connectivity index is 2.02. The molecule has 1 aromatic heterocycles. The van der Waals surface area contributed by atoms with Crippen LogP contribution in [0, 0.1) is 0 Å². The zero-order valence-corrected chi connectivity index (χ0v) is 11.0. The van der Waals surface area contributed by atoms with Gasteiger partial charge in [-0.25, -0.2) is 14.5 Å². The number of amides is 1. The van der Waals surface area contributed by atoms with Crippen molar-refractivity contribution in [2.45, 2.75) is 0 Å². The number of nitrogens with one attached hydrogen (secondary N) is 1. The van der Waals surface area contributed by atoms with Crippen molar-refractivity contribution in [3.63, 3.8) is 0 Å². The summed E-state index contributed by atoms with van der Waals surface area (Å²) in [5.74, 6) is -0.520. The fourth-order valence-electron chi connectivity index (χ4n) is 1.89. The molecule has 0 spiro atoms. The second-order valence-corrected chi connectivity index (χ2v) is 4.25. The van der Waals surface area contributed by atoms with E-state index in [1.807, 2.05) is 0 Å². The summed E-state index contributed by atoms with van der Waals surface area (Å²) in [6, 6.07) is 3.17. The molecule has 0 atom stereocenters. The molecule has 2 heterocycles. The number of fused-ring (bicyclic) bond motifs is 1. The average molecular weight is 289 g/mol. The molecule has 108 valence electrons. The van der Waals surface area contributed by atoms with Gasteiger partial charge in [-0.3, -0.25) is 4.79 Å². The maximum absolute atomic E-state index is 11.3. The second kappa shape index (κ2) is 4.78. The van der Waals surface area contributed by atoms with Gasteiger partial charge in [0.2, 0.25) is 0 Å². The van der Waals surface area contributed by atoms with Gasteiger partial charge < -0.3 is 20.5 Å². The molecule has 0 saturated heterocycles.